The number of methoxy groups -OCH3 is 1. The normalized spacial score (nSPS) is 12.3. The van der Waals surface area contributed by atoms with Crippen LogP contribution in [0.2, 0.25) is 0 Å². The van der Waals surface area contributed by atoms with Crippen LogP contribution in [0.25, 0.3) is 0 Å². The molecule has 102 valence electrons. The molecule has 4 N–H and O–H groups in total. The number of nitrogens with one attached hydrogen (secondary N) is 1. The van der Waals surface area contributed by atoms with E-state index in [4.69, 9.17) is 10.6 Å². The Kier molecular flexibility index (Phi) is 6.13. The van der Waals surface area contributed by atoms with Gasteiger partial charge in [0.25, 0.3) is 0 Å². The monoisotopic (exact) mass is 273 g/mol. The summed E-state index contributed by atoms with van der Waals surface area (Å²) in [5, 5.41) is 10.3. The molecule has 0 aliphatic carbocycles. The maximum atomic E-state index is 9.68. The number of anilines is 2. The lowest BCUT2D eigenvalue weighted by atomic mass is 10.3. The number of hydrogen-bond acceptors (Lipinski definition) is 8. The Balaban J connectivity index is 2.80. The highest BCUT2D eigenvalue weighted by Crippen LogP contribution is 2.19. The van der Waals surface area contributed by atoms with Crippen LogP contribution in [0.15, 0.2) is 11.2 Å². The van der Waals surface area contributed by atoms with E-state index in [0.29, 0.717) is 23.3 Å². The molecule has 0 saturated carbocycles. The van der Waals surface area contributed by atoms with Crippen molar-refractivity contribution >= 4 is 23.4 Å². The van der Waals surface area contributed by atoms with Gasteiger partial charge in [0.1, 0.15) is 11.6 Å². The minimum Gasteiger partial charge on any atom is -0.389 e. The lowest BCUT2D eigenvalue weighted by Crippen LogP contribution is -2.32. The third kappa shape index (κ3) is 4.30. The molecule has 1 unspecified atom stereocenters. The van der Waals surface area contributed by atoms with Crippen LogP contribution in [0, 0.1) is 0 Å². The zero-order valence-corrected chi connectivity index (χ0v) is 11.6. The molecule has 0 amide bonds. The molecular weight excluding hydrogens is 254 g/mol. The second-order valence-electron chi connectivity index (χ2n) is 3.73. The van der Waals surface area contributed by atoms with Crippen molar-refractivity contribution in [2.45, 2.75) is 11.3 Å². The molecule has 0 aromatic carbocycles. The topological polar surface area (TPSA) is 96.5 Å². The Hall–Kier alpha value is -1.09. The number of hydrogen-bond donors (Lipinski definition) is 3. The summed E-state index contributed by atoms with van der Waals surface area (Å²) >= 11 is 1.43. The number of nitrogen functional groups attached to an aromatic ring is 1. The summed E-state index contributed by atoms with van der Waals surface area (Å²) in [7, 11) is 3.39. The predicted molar refractivity (Wildman–Crippen MR) is 72.8 cm³/mol. The highest BCUT2D eigenvalue weighted by Gasteiger charge is 2.12. The van der Waals surface area contributed by atoms with Crippen molar-refractivity contribution < 1.29 is 9.84 Å². The van der Waals surface area contributed by atoms with E-state index in [0.717, 1.165) is 0 Å². The van der Waals surface area contributed by atoms with E-state index < -0.39 is 6.10 Å². The van der Waals surface area contributed by atoms with Gasteiger partial charge in [0.15, 0.2) is 5.16 Å². The molecule has 1 atom stereocenters. The molecule has 8 heteroatoms. The summed E-state index contributed by atoms with van der Waals surface area (Å²) in [5.41, 5.74) is 2.50. The molecule has 0 saturated heterocycles. The van der Waals surface area contributed by atoms with Gasteiger partial charge in [-0.15, -0.1) is 0 Å². The number of ether oxygens (including phenoxy) is 1. The number of likely N-dealkylation sites (N-methyl/N-ethyl adjacent to an activating group) is 1. The van der Waals surface area contributed by atoms with Crippen molar-refractivity contribution in [3.8, 4) is 0 Å². The van der Waals surface area contributed by atoms with Gasteiger partial charge in [-0.3, -0.25) is 0 Å². The number of nitrogens with two attached hydrogens (primary N) is 1. The maximum absolute atomic E-state index is 9.68. The van der Waals surface area contributed by atoms with Gasteiger partial charge in [0.05, 0.1) is 12.7 Å². The van der Waals surface area contributed by atoms with Crippen LogP contribution < -0.4 is 16.2 Å². The Morgan fingerprint density at radius 1 is 1.61 bits per heavy atom. The van der Waals surface area contributed by atoms with Gasteiger partial charge in [0.2, 0.25) is 0 Å². The first-order valence-electron chi connectivity index (χ1n) is 5.38. The third-order valence-corrected chi connectivity index (χ3v) is 2.81. The van der Waals surface area contributed by atoms with Crippen molar-refractivity contribution in [2.24, 2.45) is 5.84 Å². The van der Waals surface area contributed by atoms with Crippen LogP contribution in [0.5, 0.6) is 0 Å². The summed E-state index contributed by atoms with van der Waals surface area (Å²) in [4.78, 5) is 10.3. The first-order chi connectivity index (χ1) is 8.60. The summed E-state index contributed by atoms with van der Waals surface area (Å²) in [6.45, 7) is 0.704. The number of aliphatic hydroxyl groups excluding tert-OH is 1. The van der Waals surface area contributed by atoms with Crippen molar-refractivity contribution in [3.63, 3.8) is 0 Å². The van der Waals surface area contributed by atoms with Crippen LogP contribution >= 0.6 is 11.8 Å². The van der Waals surface area contributed by atoms with Gasteiger partial charge in [-0.25, -0.2) is 15.8 Å². The lowest BCUT2D eigenvalue weighted by Gasteiger charge is -2.22. The molecule has 1 rings (SSSR count). The van der Waals surface area contributed by atoms with E-state index in [9.17, 15) is 5.11 Å². The molecule has 0 fully saturated rings. The maximum Gasteiger partial charge on any atom is 0.191 e. The Morgan fingerprint density at radius 3 is 2.89 bits per heavy atom. The number of thioether (sulfide) groups is 1. The summed E-state index contributed by atoms with van der Waals surface area (Å²) < 4.78 is 4.88. The minimum absolute atomic E-state index is 0.285. The highest BCUT2D eigenvalue weighted by molar-refractivity contribution is 7.98. The molecule has 0 aliphatic heterocycles. The molecule has 0 radical (unpaired) electrons. The molecular formula is C10H19N5O2S. The average Bonchev–Trinajstić information content (AvgIpc) is 2.38. The molecule has 0 bridgehead atoms. The van der Waals surface area contributed by atoms with E-state index in [1.165, 1.54) is 11.8 Å². The Labute approximate surface area is 111 Å². The van der Waals surface area contributed by atoms with E-state index in [1.54, 1.807) is 13.2 Å². The highest BCUT2D eigenvalue weighted by atomic mass is 32.2. The van der Waals surface area contributed by atoms with Gasteiger partial charge in [0, 0.05) is 26.8 Å². The van der Waals surface area contributed by atoms with Gasteiger partial charge in [-0.05, 0) is 6.26 Å². The zero-order chi connectivity index (χ0) is 13.5. The van der Waals surface area contributed by atoms with Crippen LogP contribution in [0.4, 0.5) is 11.6 Å². The van der Waals surface area contributed by atoms with Gasteiger partial charge >= 0.3 is 0 Å². The minimum atomic E-state index is -0.568. The molecule has 1 aromatic rings. The first-order valence-corrected chi connectivity index (χ1v) is 6.61. The fourth-order valence-corrected chi connectivity index (χ4v) is 1.80. The zero-order valence-electron chi connectivity index (χ0n) is 10.8. The summed E-state index contributed by atoms with van der Waals surface area (Å²) in [5.74, 6) is 6.59. The number of aliphatic hydroxyl groups is 1. The number of rotatable bonds is 7. The lowest BCUT2D eigenvalue weighted by molar-refractivity contribution is 0.0694. The molecule has 18 heavy (non-hydrogen) atoms. The third-order valence-electron chi connectivity index (χ3n) is 2.26. The summed E-state index contributed by atoms with van der Waals surface area (Å²) in [6, 6.07) is 1.72. The molecule has 1 heterocycles. The van der Waals surface area contributed by atoms with Crippen LogP contribution in [-0.2, 0) is 4.74 Å². The van der Waals surface area contributed by atoms with Crippen molar-refractivity contribution in [2.75, 3.05) is 43.9 Å². The van der Waals surface area contributed by atoms with Crippen molar-refractivity contribution in [1.29, 1.82) is 0 Å². The fraction of sp³-hybridized carbons (Fsp3) is 0.600. The van der Waals surface area contributed by atoms with Gasteiger partial charge in [-0.2, -0.15) is 0 Å². The molecule has 0 spiro atoms. The smallest absolute Gasteiger partial charge is 0.191 e. The number of hydrazine groups is 1. The fourth-order valence-electron chi connectivity index (χ4n) is 1.43. The number of nitrogens with zero attached hydrogens (tertiary/aromatic N) is 3. The van der Waals surface area contributed by atoms with Crippen LogP contribution in [0.1, 0.15) is 0 Å². The second-order valence-corrected chi connectivity index (χ2v) is 4.51. The van der Waals surface area contributed by atoms with Crippen LogP contribution in [-0.4, -0.2) is 54.7 Å². The van der Waals surface area contributed by atoms with E-state index in [2.05, 4.69) is 15.4 Å². The molecule has 1 aromatic heterocycles. The summed E-state index contributed by atoms with van der Waals surface area (Å²) in [6.07, 6.45) is 1.32. The van der Waals surface area contributed by atoms with E-state index in [-0.39, 0.29) is 6.61 Å². The quantitative estimate of drug-likeness (QED) is 0.275. The van der Waals surface area contributed by atoms with E-state index in [1.807, 2.05) is 18.2 Å². The molecule has 0 aliphatic rings. The van der Waals surface area contributed by atoms with Gasteiger partial charge < -0.3 is 20.2 Å². The number of aromatic nitrogens is 2. The second kappa shape index (κ2) is 7.37. The average molecular weight is 273 g/mol. The van der Waals surface area contributed by atoms with E-state index >= 15 is 0 Å². The van der Waals surface area contributed by atoms with Crippen molar-refractivity contribution in [1.82, 2.24) is 9.97 Å². The van der Waals surface area contributed by atoms with Crippen LogP contribution in [0.3, 0.4) is 0 Å². The Bertz CT molecular complexity index is 357. The largest absolute Gasteiger partial charge is 0.389 e. The SMILES string of the molecule is COCC(O)CN(C)c1cc(NN)nc(SC)n1. The predicted octanol–water partition coefficient (Wildman–Crippen LogP) is -0.0724. The Morgan fingerprint density at radius 2 is 2.33 bits per heavy atom. The van der Waals surface area contributed by atoms with Crippen molar-refractivity contribution in [3.05, 3.63) is 6.07 Å². The molecule has 7 nitrogen and oxygen atoms in total. The first kappa shape index (κ1) is 15.0. The van der Waals surface area contributed by atoms with Gasteiger partial charge in [-0.1, -0.05) is 11.8 Å². The standard InChI is InChI=1S/C10H19N5O2S/c1-15(5-7(16)6-17-2)9-4-8(14-11)12-10(13-9)18-3/h4,7,16H,5-6,11H2,1-3H3,(H,12,13,14).